The lowest BCUT2D eigenvalue weighted by Crippen LogP contribution is -2.00. The zero-order chi connectivity index (χ0) is 14.3. The zero-order valence-corrected chi connectivity index (χ0v) is 14.0. The number of hydrogen-bond donors (Lipinski definition) is 1. The maximum atomic E-state index is 6.20. The van der Waals surface area contributed by atoms with Crippen molar-refractivity contribution in [1.29, 1.82) is 0 Å². The van der Waals surface area contributed by atoms with Gasteiger partial charge in [-0.1, -0.05) is 34.8 Å². The van der Waals surface area contributed by atoms with E-state index in [1.807, 2.05) is 12.1 Å². The maximum absolute atomic E-state index is 6.20. The van der Waals surface area contributed by atoms with Gasteiger partial charge >= 0.3 is 0 Å². The number of nitrogens with one attached hydrogen (secondary N) is 1. The molecule has 0 spiro atoms. The maximum Gasteiger partial charge on any atom is 0.135 e. The van der Waals surface area contributed by atoms with Gasteiger partial charge in [0, 0.05) is 16.5 Å². The standard InChI is InChI=1S/C13H9BrCl3N3/c14-7-3-4-8(12(17)11(7)16)18-10-5-9(15)19-13(20-10)6-1-2-6/h3-6H,1-2H2,(H,18,19,20). The molecule has 3 nitrogen and oxygen atoms in total. The molecule has 0 amide bonds. The predicted molar refractivity (Wildman–Crippen MR) is 86.5 cm³/mol. The summed E-state index contributed by atoms with van der Waals surface area (Å²) in [6.45, 7) is 0. The molecule has 3 rings (SSSR count). The molecule has 0 unspecified atom stereocenters. The molecular weight excluding hydrogens is 384 g/mol. The highest BCUT2D eigenvalue weighted by atomic mass is 79.9. The Morgan fingerprint density at radius 2 is 1.85 bits per heavy atom. The van der Waals surface area contributed by atoms with Gasteiger partial charge in [0.2, 0.25) is 0 Å². The average molecular weight is 393 g/mol. The molecule has 2 aromatic rings. The van der Waals surface area contributed by atoms with Crippen LogP contribution < -0.4 is 5.32 Å². The molecule has 1 aliphatic carbocycles. The van der Waals surface area contributed by atoms with Gasteiger partial charge < -0.3 is 5.32 Å². The summed E-state index contributed by atoms with van der Waals surface area (Å²) in [5.41, 5.74) is 0.677. The molecule has 0 aliphatic heterocycles. The average Bonchev–Trinajstić information content (AvgIpc) is 3.23. The Hall–Kier alpha value is -0.550. The summed E-state index contributed by atoms with van der Waals surface area (Å²) in [6.07, 6.45) is 2.23. The molecule has 0 saturated heterocycles. The summed E-state index contributed by atoms with van der Waals surface area (Å²) >= 11 is 21.6. The number of halogens is 4. The van der Waals surface area contributed by atoms with Gasteiger partial charge in [-0.25, -0.2) is 9.97 Å². The number of rotatable bonds is 3. The molecule has 1 N–H and O–H groups in total. The van der Waals surface area contributed by atoms with Crippen LogP contribution in [0.4, 0.5) is 11.5 Å². The van der Waals surface area contributed by atoms with E-state index in [0.717, 1.165) is 23.1 Å². The van der Waals surface area contributed by atoms with Crippen molar-refractivity contribution < 1.29 is 0 Å². The lowest BCUT2D eigenvalue weighted by Gasteiger charge is -2.11. The fraction of sp³-hybridized carbons (Fsp3) is 0.231. The molecule has 0 atom stereocenters. The Kier molecular flexibility index (Phi) is 4.09. The SMILES string of the molecule is Clc1cc(Nc2ccc(Br)c(Cl)c2Cl)nc(C2CC2)n1. The Labute approximate surface area is 139 Å². The Morgan fingerprint density at radius 3 is 2.55 bits per heavy atom. The van der Waals surface area contributed by atoms with E-state index >= 15 is 0 Å². The molecule has 1 aromatic heterocycles. The van der Waals surface area contributed by atoms with Crippen molar-refractivity contribution in [2.24, 2.45) is 0 Å². The number of anilines is 2. The Bertz CT molecular complexity index is 674. The minimum atomic E-state index is 0.420. The van der Waals surface area contributed by atoms with Crippen LogP contribution in [0.3, 0.4) is 0 Å². The third kappa shape index (κ3) is 3.03. The summed E-state index contributed by atoms with van der Waals surface area (Å²) < 4.78 is 0.745. The van der Waals surface area contributed by atoms with E-state index in [2.05, 4.69) is 31.2 Å². The lowest BCUT2D eigenvalue weighted by molar-refractivity contribution is 0.931. The van der Waals surface area contributed by atoms with Crippen molar-refractivity contribution in [3.05, 3.63) is 43.7 Å². The number of hydrogen-bond acceptors (Lipinski definition) is 3. The highest BCUT2D eigenvalue weighted by Gasteiger charge is 2.27. The van der Waals surface area contributed by atoms with Crippen LogP contribution in [-0.4, -0.2) is 9.97 Å². The first-order valence-corrected chi connectivity index (χ1v) is 7.92. The van der Waals surface area contributed by atoms with E-state index in [-0.39, 0.29) is 0 Å². The number of aromatic nitrogens is 2. The highest BCUT2D eigenvalue weighted by Crippen LogP contribution is 2.40. The van der Waals surface area contributed by atoms with Crippen molar-refractivity contribution >= 4 is 62.2 Å². The van der Waals surface area contributed by atoms with E-state index in [0.29, 0.717) is 32.6 Å². The van der Waals surface area contributed by atoms with Gasteiger partial charge in [-0.3, -0.25) is 0 Å². The summed E-state index contributed by atoms with van der Waals surface area (Å²) in [4.78, 5) is 8.70. The molecule has 20 heavy (non-hydrogen) atoms. The first kappa shape index (κ1) is 14.4. The Balaban J connectivity index is 1.93. The third-order valence-electron chi connectivity index (χ3n) is 2.95. The van der Waals surface area contributed by atoms with E-state index in [9.17, 15) is 0 Å². The van der Waals surface area contributed by atoms with Crippen LogP contribution in [0.15, 0.2) is 22.7 Å². The van der Waals surface area contributed by atoms with Gasteiger partial charge in [-0.2, -0.15) is 0 Å². The molecular formula is C13H9BrCl3N3. The lowest BCUT2D eigenvalue weighted by atomic mass is 10.3. The molecule has 1 aliphatic rings. The van der Waals surface area contributed by atoms with E-state index in [4.69, 9.17) is 34.8 Å². The second-order valence-corrected chi connectivity index (χ2v) is 6.55. The van der Waals surface area contributed by atoms with E-state index in [1.165, 1.54) is 0 Å². The van der Waals surface area contributed by atoms with Crippen LogP contribution in [0, 0.1) is 0 Å². The largest absolute Gasteiger partial charge is 0.339 e. The van der Waals surface area contributed by atoms with Gasteiger partial charge in [0.25, 0.3) is 0 Å². The highest BCUT2D eigenvalue weighted by molar-refractivity contribution is 9.10. The topological polar surface area (TPSA) is 37.8 Å². The van der Waals surface area contributed by atoms with E-state index < -0.39 is 0 Å². The molecule has 7 heteroatoms. The van der Waals surface area contributed by atoms with Crippen molar-refractivity contribution in [2.45, 2.75) is 18.8 Å². The van der Waals surface area contributed by atoms with Crippen LogP contribution >= 0.6 is 50.7 Å². The predicted octanol–water partition coefficient (Wildman–Crippen LogP) is 5.82. The molecule has 0 bridgehead atoms. The molecule has 0 radical (unpaired) electrons. The fourth-order valence-electron chi connectivity index (χ4n) is 1.78. The van der Waals surface area contributed by atoms with Gasteiger partial charge in [-0.05, 0) is 40.9 Å². The normalized spacial score (nSPS) is 14.4. The minimum Gasteiger partial charge on any atom is -0.339 e. The molecule has 1 aromatic carbocycles. The second kappa shape index (κ2) is 5.68. The van der Waals surface area contributed by atoms with Crippen LogP contribution in [0.25, 0.3) is 0 Å². The van der Waals surface area contributed by atoms with Crippen LogP contribution in [0.5, 0.6) is 0 Å². The van der Waals surface area contributed by atoms with Crippen LogP contribution in [0.2, 0.25) is 15.2 Å². The van der Waals surface area contributed by atoms with Gasteiger partial charge in [0.05, 0.1) is 15.7 Å². The van der Waals surface area contributed by atoms with Crippen molar-refractivity contribution in [2.75, 3.05) is 5.32 Å². The Morgan fingerprint density at radius 1 is 1.10 bits per heavy atom. The number of nitrogens with zero attached hydrogens (tertiary/aromatic N) is 2. The van der Waals surface area contributed by atoms with Crippen molar-refractivity contribution in [3.63, 3.8) is 0 Å². The van der Waals surface area contributed by atoms with Crippen molar-refractivity contribution in [3.8, 4) is 0 Å². The summed E-state index contributed by atoms with van der Waals surface area (Å²) in [7, 11) is 0. The zero-order valence-electron chi connectivity index (χ0n) is 10.1. The fourth-order valence-corrected chi connectivity index (χ4v) is 2.80. The van der Waals surface area contributed by atoms with Crippen LogP contribution in [0.1, 0.15) is 24.6 Å². The smallest absolute Gasteiger partial charge is 0.135 e. The van der Waals surface area contributed by atoms with E-state index in [1.54, 1.807) is 6.07 Å². The van der Waals surface area contributed by atoms with Gasteiger partial charge in [-0.15, -0.1) is 0 Å². The molecule has 104 valence electrons. The van der Waals surface area contributed by atoms with Gasteiger partial charge in [0.1, 0.15) is 16.8 Å². The van der Waals surface area contributed by atoms with Crippen LogP contribution in [-0.2, 0) is 0 Å². The molecule has 1 heterocycles. The first-order chi connectivity index (χ1) is 9.54. The quantitative estimate of drug-likeness (QED) is 0.527. The van der Waals surface area contributed by atoms with Gasteiger partial charge in [0.15, 0.2) is 0 Å². The monoisotopic (exact) mass is 391 g/mol. The summed E-state index contributed by atoms with van der Waals surface area (Å²) in [6, 6.07) is 5.31. The second-order valence-electron chi connectivity index (χ2n) is 4.56. The summed E-state index contributed by atoms with van der Waals surface area (Å²) in [5.74, 6) is 1.82. The van der Waals surface area contributed by atoms with Crippen molar-refractivity contribution in [1.82, 2.24) is 9.97 Å². The number of benzene rings is 1. The molecule has 1 fully saturated rings. The minimum absolute atomic E-state index is 0.420. The molecule has 1 saturated carbocycles. The first-order valence-electron chi connectivity index (χ1n) is 5.99. The summed E-state index contributed by atoms with van der Waals surface area (Å²) in [5, 5.41) is 4.44. The third-order valence-corrected chi connectivity index (χ3v) is 4.92.